The van der Waals surface area contributed by atoms with E-state index in [1.807, 2.05) is 13.8 Å². The van der Waals surface area contributed by atoms with Crippen LogP contribution in [-0.4, -0.2) is 11.1 Å². The van der Waals surface area contributed by atoms with E-state index in [1.165, 1.54) is 0 Å². The molecule has 0 radical (unpaired) electrons. The van der Waals surface area contributed by atoms with Crippen molar-refractivity contribution in [1.29, 1.82) is 0 Å². The smallest absolute Gasteiger partial charge is 0.0896 e. The molecule has 0 rings (SSSR count). The van der Waals surface area contributed by atoms with E-state index in [9.17, 15) is 0 Å². The summed E-state index contributed by atoms with van der Waals surface area (Å²) < 4.78 is 0. The minimum absolute atomic E-state index is 0.0278. The molecule has 2 nitrogen and oxygen atoms in total. The van der Waals surface area contributed by atoms with Crippen LogP contribution in [0.3, 0.4) is 0 Å². The highest BCUT2D eigenvalue weighted by molar-refractivity contribution is 5.07. The topological polar surface area (TPSA) is 46.2 Å². The third kappa shape index (κ3) is 1.98. The molecule has 2 heteroatoms. The molecule has 0 heterocycles. The van der Waals surface area contributed by atoms with Crippen molar-refractivity contribution >= 4 is 0 Å². The molecule has 0 saturated heterocycles. The molecular formula is C6H13NO. The number of nitrogens with two attached hydrogens (primary N) is 1. The van der Waals surface area contributed by atoms with E-state index in [4.69, 9.17) is 10.8 Å². The minimum Gasteiger partial charge on any atom is -0.513 e. The van der Waals surface area contributed by atoms with Crippen LogP contribution in [0.4, 0.5) is 0 Å². The van der Waals surface area contributed by atoms with Gasteiger partial charge < -0.3 is 10.8 Å². The molecule has 0 spiro atoms. The maximum absolute atomic E-state index is 8.79. The van der Waals surface area contributed by atoms with Gasteiger partial charge in [0, 0.05) is 6.04 Å². The van der Waals surface area contributed by atoms with Crippen LogP contribution in [-0.2, 0) is 0 Å². The first kappa shape index (κ1) is 7.50. The Kier molecular flexibility index (Phi) is 2.55. The lowest BCUT2D eigenvalue weighted by atomic mass is 10.1. The lowest BCUT2D eigenvalue weighted by molar-refractivity contribution is 0.402. The zero-order valence-corrected chi connectivity index (χ0v) is 5.60. The largest absolute Gasteiger partial charge is 0.513 e. The number of hydrogen-bond acceptors (Lipinski definition) is 2. The fraction of sp³-hybridized carbons (Fsp3) is 0.667. The van der Waals surface area contributed by atoms with Gasteiger partial charge in [-0.25, -0.2) is 0 Å². The number of aliphatic hydroxyl groups excluding tert-OH is 1. The molecule has 0 aliphatic rings. The predicted molar refractivity (Wildman–Crippen MR) is 34.7 cm³/mol. The molecule has 8 heavy (non-hydrogen) atoms. The molecule has 0 saturated carbocycles. The summed E-state index contributed by atoms with van der Waals surface area (Å²) in [5.41, 5.74) is 6.27. The van der Waals surface area contributed by atoms with Gasteiger partial charge in [0.1, 0.15) is 0 Å². The molecular weight excluding hydrogens is 102 g/mol. The fourth-order valence-corrected chi connectivity index (χ4v) is 0.329. The maximum atomic E-state index is 8.79. The van der Waals surface area contributed by atoms with Crippen LogP contribution in [0.1, 0.15) is 20.8 Å². The van der Waals surface area contributed by atoms with Crippen molar-refractivity contribution in [3.8, 4) is 0 Å². The van der Waals surface area contributed by atoms with Gasteiger partial charge in [0.25, 0.3) is 0 Å². The summed E-state index contributed by atoms with van der Waals surface area (Å²) in [7, 11) is 0. The van der Waals surface area contributed by atoms with E-state index in [0.29, 0.717) is 5.76 Å². The molecule has 48 valence electrons. The normalized spacial score (nSPS) is 17.5. The standard InChI is InChI=1S/C6H13NO/c1-4(5(2)7)6(3)8/h5,8H,7H2,1-3H3/b6-4-. The molecule has 0 aromatic heterocycles. The summed E-state index contributed by atoms with van der Waals surface area (Å²) >= 11 is 0. The van der Waals surface area contributed by atoms with Crippen LogP contribution in [0.25, 0.3) is 0 Å². The summed E-state index contributed by atoms with van der Waals surface area (Å²) in [6.07, 6.45) is 0. The minimum atomic E-state index is -0.0278. The SMILES string of the molecule is C/C(O)=C(\C)C(C)N. The van der Waals surface area contributed by atoms with E-state index in [2.05, 4.69) is 0 Å². The van der Waals surface area contributed by atoms with Crippen molar-refractivity contribution in [3.63, 3.8) is 0 Å². The van der Waals surface area contributed by atoms with Crippen LogP contribution in [0.5, 0.6) is 0 Å². The number of allylic oxidation sites excluding steroid dienone is 1. The van der Waals surface area contributed by atoms with E-state index in [1.54, 1.807) is 6.92 Å². The van der Waals surface area contributed by atoms with E-state index >= 15 is 0 Å². The van der Waals surface area contributed by atoms with Crippen LogP contribution < -0.4 is 5.73 Å². The van der Waals surface area contributed by atoms with Crippen molar-refractivity contribution in [2.75, 3.05) is 0 Å². The lowest BCUT2D eigenvalue weighted by Gasteiger charge is -2.04. The second-order valence-corrected chi connectivity index (χ2v) is 2.06. The number of rotatable bonds is 1. The van der Waals surface area contributed by atoms with Crippen molar-refractivity contribution < 1.29 is 5.11 Å². The second-order valence-electron chi connectivity index (χ2n) is 2.06. The monoisotopic (exact) mass is 115 g/mol. The summed E-state index contributed by atoms with van der Waals surface area (Å²) in [6, 6.07) is -0.0278. The average Bonchev–Trinajstić information content (AvgIpc) is 1.64. The highest BCUT2D eigenvalue weighted by Crippen LogP contribution is 2.01. The lowest BCUT2D eigenvalue weighted by Crippen LogP contribution is -2.17. The molecule has 0 aromatic carbocycles. The molecule has 0 aliphatic heterocycles. The summed E-state index contributed by atoms with van der Waals surface area (Å²) in [5.74, 6) is 0.333. The Labute approximate surface area is 50.0 Å². The van der Waals surface area contributed by atoms with Gasteiger partial charge in [-0.1, -0.05) is 0 Å². The van der Waals surface area contributed by atoms with Crippen molar-refractivity contribution in [1.82, 2.24) is 0 Å². The first-order valence-electron chi connectivity index (χ1n) is 2.67. The first-order chi connectivity index (χ1) is 3.55. The van der Waals surface area contributed by atoms with Gasteiger partial charge >= 0.3 is 0 Å². The van der Waals surface area contributed by atoms with Crippen LogP contribution in [0.2, 0.25) is 0 Å². The fourth-order valence-electron chi connectivity index (χ4n) is 0.329. The highest BCUT2D eigenvalue weighted by Gasteiger charge is 1.98. The van der Waals surface area contributed by atoms with Gasteiger partial charge in [-0.3, -0.25) is 0 Å². The van der Waals surface area contributed by atoms with Gasteiger partial charge in [0.05, 0.1) is 5.76 Å². The van der Waals surface area contributed by atoms with Crippen molar-refractivity contribution in [2.24, 2.45) is 5.73 Å². The molecule has 1 unspecified atom stereocenters. The molecule has 0 aromatic rings. The Morgan fingerprint density at radius 3 is 1.88 bits per heavy atom. The Hall–Kier alpha value is -0.500. The summed E-state index contributed by atoms with van der Waals surface area (Å²) in [6.45, 7) is 5.30. The Bertz CT molecular complexity index is 101. The van der Waals surface area contributed by atoms with Gasteiger partial charge in [-0.2, -0.15) is 0 Å². The van der Waals surface area contributed by atoms with Crippen LogP contribution >= 0.6 is 0 Å². The van der Waals surface area contributed by atoms with Gasteiger partial charge in [-0.05, 0) is 26.3 Å². The summed E-state index contributed by atoms with van der Waals surface area (Å²) in [4.78, 5) is 0. The molecule has 0 amide bonds. The van der Waals surface area contributed by atoms with Gasteiger partial charge in [0.2, 0.25) is 0 Å². The molecule has 0 aliphatic carbocycles. The molecule has 1 atom stereocenters. The zero-order valence-electron chi connectivity index (χ0n) is 5.60. The van der Waals surface area contributed by atoms with E-state index in [0.717, 1.165) is 5.57 Å². The third-order valence-corrected chi connectivity index (χ3v) is 1.25. The highest BCUT2D eigenvalue weighted by atomic mass is 16.3. The zero-order chi connectivity index (χ0) is 6.73. The Morgan fingerprint density at radius 2 is 1.88 bits per heavy atom. The van der Waals surface area contributed by atoms with Crippen molar-refractivity contribution in [3.05, 3.63) is 11.3 Å². The number of hydrogen-bond donors (Lipinski definition) is 2. The third-order valence-electron chi connectivity index (χ3n) is 1.25. The number of aliphatic hydroxyl groups is 1. The Morgan fingerprint density at radius 1 is 1.50 bits per heavy atom. The van der Waals surface area contributed by atoms with E-state index in [-0.39, 0.29) is 6.04 Å². The van der Waals surface area contributed by atoms with Crippen LogP contribution in [0, 0.1) is 0 Å². The molecule has 0 bridgehead atoms. The average molecular weight is 115 g/mol. The molecule has 0 fully saturated rings. The second kappa shape index (κ2) is 2.72. The van der Waals surface area contributed by atoms with Crippen molar-refractivity contribution in [2.45, 2.75) is 26.8 Å². The summed E-state index contributed by atoms with van der Waals surface area (Å²) in [5, 5.41) is 8.79. The maximum Gasteiger partial charge on any atom is 0.0896 e. The quantitative estimate of drug-likeness (QED) is 0.504. The predicted octanol–water partition coefficient (Wildman–Crippen LogP) is 1.19. The van der Waals surface area contributed by atoms with Gasteiger partial charge in [0.15, 0.2) is 0 Å². The van der Waals surface area contributed by atoms with Crippen LogP contribution in [0.15, 0.2) is 11.3 Å². The molecule has 3 N–H and O–H groups in total. The first-order valence-corrected chi connectivity index (χ1v) is 2.67. The Balaban J connectivity index is 4.00. The van der Waals surface area contributed by atoms with E-state index < -0.39 is 0 Å². The van der Waals surface area contributed by atoms with Gasteiger partial charge in [-0.15, -0.1) is 0 Å².